The quantitative estimate of drug-likeness (QED) is 0.559. The Morgan fingerprint density at radius 1 is 1.00 bits per heavy atom. The molecule has 0 nitrogen and oxygen atoms in total. The zero-order chi connectivity index (χ0) is 10.1. The van der Waals surface area contributed by atoms with Gasteiger partial charge in [-0.1, -0.05) is 6.92 Å². The standard InChI is InChI=1S/C13H16/c1-5-8-10-13(11-9-6-2)12(4)7-3/h1-3,12-13H,8-11H2,4H3. The largest absolute Gasteiger partial charge is 0.120 e. The van der Waals surface area contributed by atoms with Crippen molar-refractivity contribution in [3.63, 3.8) is 0 Å². The summed E-state index contributed by atoms with van der Waals surface area (Å²) in [4.78, 5) is 0. The van der Waals surface area contributed by atoms with Gasteiger partial charge < -0.3 is 0 Å². The molecule has 0 fully saturated rings. The Bertz CT molecular complexity index is 223. The molecule has 0 aliphatic heterocycles. The lowest BCUT2D eigenvalue weighted by molar-refractivity contribution is 0.384. The molecule has 0 aliphatic carbocycles. The van der Waals surface area contributed by atoms with E-state index in [-0.39, 0.29) is 5.92 Å². The second-order valence-electron chi connectivity index (χ2n) is 3.20. The van der Waals surface area contributed by atoms with Crippen molar-refractivity contribution in [2.45, 2.75) is 32.6 Å². The highest BCUT2D eigenvalue weighted by Crippen LogP contribution is 2.21. The smallest absolute Gasteiger partial charge is 0.0200 e. The van der Waals surface area contributed by atoms with Gasteiger partial charge in [0.05, 0.1) is 0 Å². The third-order valence-electron chi connectivity index (χ3n) is 2.29. The Hall–Kier alpha value is -1.32. The van der Waals surface area contributed by atoms with Crippen molar-refractivity contribution in [2.24, 2.45) is 11.8 Å². The summed E-state index contributed by atoms with van der Waals surface area (Å²) >= 11 is 0. The summed E-state index contributed by atoms with van der Waals surface area (Å²) in [6.45, 7) is 2.05. The summed E-state index contributed by atoms with van der Waals surface area (Å²) in [5.74, 6) is 8.78. The molecule has 0 aromatic rings. The summed E-state index contributed by atoms with van der Waals surface area (Å²) in [7, 11) is 0. The van der Waals surface area contributed by atoms with Crippen LogP contribution in [0.15, 0.2) is 0 Å². The van der Waals surface area contributed by atoms with E-state index in [0.29, 0.717) is 5.92 Å². The van der Waals surface area contributed by atoms with Crippen molar-refractivity contribution in [1.82, 2.24) is 0 Å². The zero-order valence-corrected chi connectivity index (χ0v) is 8.22. The molecule has 0 aromatic heterocycles. The number of hydrogen-bond donors (Lipinski definition) is 0. The van der Waals surface area contributed by atoms with Gasteiger partial charge in [-0.3, -0.25) is 0 Å². The van der Waals surface area contributed by atoms with E-state index in [1.54, 1.807) is 0 Å². The molecule has 0 radical (unpaired) electrons. The fourth-order valence-corrected chi connectivity index (χ4v) is 1.32. The van der Waals surface area contributed by atoms with E-state index in [2.05, 4.69) is 24.7 Å². The molecule has 68 valence electrons. The first kappa shape index (κ1) is 11.7. The van der Waals surface area contributed by atoms with Gasteiger partial charge in [-0.15, -0.1) is 37.0 Å². The Morgan fingerprint density at radius 3 is 1.77 bits per heavy atom. The zero-order valence-electron chi connectivity index (χ0n) is 8.22. The maximum atomic E-state index is 5.36. The van der Waals surface area contributed by atoms with Gasteiger partial charge in [0.1, 0.15) is 0 Å². The fourth-order valence-electron chi connectivity index (χ4n) is 1.32. The summed E-state index contributed by atoms with van der Waals surface area (Å²) < 4.78 is 0. The average molecular weight is 172 g/mol. The first-order valence-electron chi connectivity index (χ1n) is 4.59. The minimum absolute atomic E-state index is 0.279. The van der Waals surface area contributed by atoms with Crippen molar-refractivity contribution in [1.29, 1.82) is 0 Å². The minimum atomic E-state index is 0.279. The summed E-state index contributed by atoms with van der Waals surface area (Å²) in [5, 5.41) is 0. The number of rotatable bonds is 5. The first-order chi connectivity index (χ1) is 6.26. The molecule has 13 heavy (non-hydrogen) atoms. The number of terminal acetylenes is 3. The van der Waals surface area contributed by atoms with Crippen LogP contribution in [0.2, 0.25) is 0 Å². The number of hydrogen-bond acceptors (Lipinski definition) is 0. The lowest BCUT2D eigenvalue weighted by Gasteiger charge is -2.17. The second kappa shape index (κ2) is 7.34. The summed E-state index contributed by atoms with van der Waals surface area (Å²) in [6, 6.07) is 0. The molecule has 0 rings (SSSR count). The lowest BCUT2D eigenvalue weighted by atomic mass is 9.87. The predicted octanol–water partition coefficient (Wildman–Crippen LogP) is 2.70. The normalized spacial score (nSPS) is 11.3. The summed E-state index contributed by atoms with van der Waals surface area (Å²) in [6.07, 6.45) is 19.3. The van der Waals surface area contributed by atoms with Crippen LogP contribution in [-0.4, -0.2) is 0 Å². The van der Waals surface area contributed by atoms with Gasteiger partial charge in [0.15, 0.2) is 0 Å². The van der Waals surface area contributed by atoms with Crippen LogP contribution in [0.25, 0.3) is 0 Å². The molecule has 0 saturated carbocycles. The van der Waals surface area contributed by atoms with Crippen LogP contribution in [-0.2, 0) is 0 Å². The molecule has 0 heteroatoms. The fraction of sp³-hybridized carbons (Fsp3) is 0.538. The third kappa shape index (κ3) is 5.00. The van der Waals surface area contributed by atoms with Crippen LogP contribution < -0.4 is 0 Å². The van der Waals surface area contributed by atoms with Crippen molar-refractivity contribution in [3.8, 4) is 37.0 Å². The molecule has 0 heterocycles. The van der Waals surface area contributed by atoms with Crippen molar-refractivity contribution in [3.05, 3.63) is 0 Å². The highest BCUT2D eigenvalue weighted by atomic mass is 14.2. The van der Waals surface area contributed by atoms with Crippen LogP contribution in [0.4, 0.5) is 0 Å². The van der Waals surface area contributed by atoms with Crippen LogP contribution >= 0.6 is 0 Å². The van der Waals surface area contributed by atoms with Crippen molar-refractivity contribution < 1.29 is 0 Å². The van der Waals surface area contributed by atoms with Crippen molar-refractivity contribution >= 4 is 0 Å². The SMILES string of the molecule is C#CCCC(CCC#C)C(C)C#C. The van der Waals surface area contributed by atoms with Crippen LogP contribution in [0.3, 0.4) is 0 Å². The Kier molecular flexibility index (Phi) is 6.59. The van der Waals surface area contributed by atoms with Crippen LogP contribution in [0.1, 0.15) is 32.6 Å². The highest BCUT2D eigenvalue weighted by Gasteiger charge is 2.13. The molecular weight excluding hydrogens is 156 g/mol. The second-order valence-corrected chi connectivity index (χ2v) is 3.20. The van der Waals surface area contributed by atoms with E-state index in [0.717, 1.165) is 25.7 Å². The van der Waals surface area contributed by atoms with E-state index in [1.165, 1.54) is 0 Å². The van der Waals surface area contributed by atoms with E-state index in [9.17, 15) is 0 Å². The van der Waals surface area contributed by atoms with Gasteiger partial charge in [0, 0.05) is 18.8 Å². The van der Waals surface area contributed by atoms with E-state index >= 15 is 0 Å². The Balaban J connectivity index is 3.99. The van der Waals surface area contributed by atoms with Crippen molar-refractivity contribution in [2.75, 3.05) is 0 Å². The Labute approximate surface area is 82.1 Å². The predicted molar refractivity (Wildman–Crippen MR) is 57.6 cm³/mol. The monoisotopic (exact) mass is 172 g/mol. The van der Waals surface area contributed by atoms with Gasteiger partial charge in [0.2, 0.25) is 0 Å². The maximum Gasteiger partial charge on any atom is 0.0200 e. The van der Waals surface area contributed by atoms with E-state index < -0.39 is 0 Å². The van der Waals surface area contributed by atoms with E-state index in [1.807, 2.05) is 0 Å². The molecule has 0 aliphatic rings. The molecule has 0 aromatic carbocycles. The lowest BCUT2D eigenvalue weighted by Crippen LogP contribution is -2.09. The molecule has 0 amide bonds. The van der Waals surface area contributed by atoms with Gasteiger partial charge in [0.25, 0.3) is 0 Å². The topological polar surface area (TPSA) is 0 Å². The van der Waals surface area contributed by atoms with Crippen LogP contribution in [0, 0.1) is 48.9 Å². The summed E-state index contributed by atoms with van der Waals surface area (Å²) in [5.41, 5.74) is 0. The van der Waals surface area contributed by atoms with Gasteiger partial charge >= 0.3 is 0 Å². The maximum absolute atomic E-state index is 5.36. The molecule has 0 saturated heterocycles. The molecule has 0 N–H and O–H groups in total. The van der Waals surface area contributed by atoms with Gasteiger partial charge in [-0.25, -0.2) is 0 Å². The molecular formula is C13H16. The highest BCUT2D eigenvalue weighted by molar-refractivity contribution is 4.97. The molecule has 1 atom stereocenters. The van der Waals surface area contributed by atoms with E-state index in [4.69, 9.17) is 19.3 Å². The molecule has 0 bridgehead atoms. The average Bonchev–Trinajstić information content (AvgIpc) is 2.17. The van der Waals surface area contributed by atoms with Crippen LogP contribution in [0.5, 0.6) is 0 Å². The third-order valence-corrected chi connectivity index (χ3v) is 2.29. The van der Waals surface area contributed by atoms with Gasteiger partial charge in [-0.2, -0.15) is 0 Å². The Morgan fingerprint density at radius 2 is 1.46 bits per heavy atom. The molecule has 1 unspecified atom stereocenters. The first-order valence-corrected chi connectivity index (χ1v) is 4.59. The minimum Gasteiger partial charge on any atom is -0.120 e. The van der Waals surface area contributed by atoms with Gasteiger partial charge in [-0.05, 0) is 18.8 Å². The molecule has 0 spiro atoms.